The van der Waals surface area contributed by atoms with Gasteiger partial charge in [-0.15, -0.1) is 0 Å². The van der Waals surface area contributed by atoms with Crippen LogP contribution in [0.5, 0.6) is 0 Å². The number of rotatable bonds is 8. The normalized spacial score (nSPS) is 11.7. The molecule has 3 aromatic carbocycles. The third-order valence-corrected chi connectivity index (χ3v) is 7.08. The van der Waals surface area contributed by atoms with E-state index >= 15 is 0 Å². The number of fused-ring (bicyclic) bond motifs is 4. The summed E-state index contributed by atoms with van der Waals surface area (Å²) in [7, 11) is 0. The van der Waals surface area contributed by atoms with Crippen LogP contribution in [0.1, 0.15) is 52.0 Å². The Morgan fingerprint density at radius 2 is 1.49 bits per heavy atom. The molecule has 0 saturated carbocycles. The zero-order valence-electron chi connectivity index (χ0n) is 20.9. The molecule has 0 bridgehead atoms. The molecule has 0 radical (unpaired) electrons. The van der Waals surface area contributed by atoms with E-state index in [9.17, 15) is 9.59 Å². The van der Waals surface area contributed by atoms with E-state index in [1.807, 2.05) is 42.5 Å². The minimum Gasteiger partial charge on any atom is -0.354 e. The van der Waals surface area contributed by atoms with Crippen molar-refractivity contribution in [1.29, 1.82) is 0 Å². The number of unbranched alkanes of at least 4 members (excludes halogenated alkanes) is 2. The first kappa shape index (κ1) is 23.2. The molecule has 180 valence electrons. The second kappa shape index (κ2) is 9.57. The zero-order valence-corrected chi connectivity index (χ0v) is 20.9. The van der Waals surface area contributed by atoms with Crippen LogP contribution in [0.25, 0.3) is 43.6 Å². The largest absolute Gasteiger partial charge is 0.354 e. The van der Waals surface area contributed by atoms with Gasteiger partial charge in [-0.3, -0.25) is 14.3 Å². The lowest BCUT2D eigenvalue weighted by Crippen LogP contribution is -2.38. The molecule has 5 rings (SSSR count). The van der Waals surface area contributed by atoms with Crippen molar-refractivity contribution in [2.45, 2.75) is 52.9 Å². The van der Waals surface area contributed by atoms with Crippen LogP contribution in [-0.2, 0) is 6.42 Å². The van der Waals surface area contributed by atoms with Crippen molar-refractivity contribution in [3.63, 3.8) is 0 Å². The van der Waals surface area contributed by atoms with Gasteiger partial charge >= 0.3 is 0 Å². The summed E-state index contributed by atoms with van der Waals surface area (Å²) in [6.07, 6.45) is 5.09. The molecule has 0 aliphatic heterocycles. The number of aromatic amines is 1. The van der Waals surface area contributed by atoms with Gasteiger partial charge in [0.05, 0.1) is 27.3 Å². The summed E-state index contributed by atoms with van der Waals surface area (Å²) < 4.78 is 2.23. The number of aryl methyl sites for hydroxylation is 1. The Morgan fingerprint density at radius 1 is 0.743 bits per heavy atom. The van der Waals surface area contributed by atoms with E-state index in [4.69, 9.17) is 0 Å². The number of aromatic nitrogens is 2. The molecule has 0 spiro atoms. The van der Waals surface area contributed by atoms with Gasteiger partial charge in [-0.1, -0.05) is 57.9 Å². The highest BCUT2D eigenvalue weighted by Crippen LogP contribution is 2.26. The van der Waals surface area contributed by atoms with Gasteiger partial charge in [-0.05, 0) is 55.2 Å². The minimum atomic E-state index is -0.00804. The Hall–Kier alpha value is -3.60. The molecule has 0 unspecified atom stereocenters. The summed E-state index contributed by atoms with van der Waals surface area (Å²) in [5.74, 6) is 0. The van der Waals surface area contributed by atoms with Crippen molar-refractivity contribution >= 4 is 43.6 Å². The van der Waals surface area contributed by atoms with Crippen LogP contribution >= 0.6 is 0 Å². The monoisotopic (exact) mass is 467 g/mol. The minimum absolute atomic E-state index is 0.00804. The summed E-state index contributed by atoms with van der Waals surface area (Å²) in [6, 6.07) is 17.5. The average Bonchev–Trinajstić information content (AvgIpc) is 2.89. The second-order valence-corrected chi connectivity index (χ2v) is 9.38. The molecular formula is C30H33N3O2. The fourth-order valence-corrected chi connectivity index (χ4v) is 5.20. The standard InChI is InChI=1S/C30H33N3O2/c1-4-7-16-32(17-8-5-2)33-26-15-11-12-20(6-3)28(26)30(35)23-18-25-22(19-27(23)33)29(34)21-13-9-10-14-24(21)31-25/h9-15,18-19H,4-8,16-17H2,1-3H3,(H,31,34). The lowest BCUT2D eigenvalue weighted by atomic mass is 10.0. The van der Waals surface area contributed by atoms with Crippen molar-refractivity contribution < 1.29 is 0 Å². The van der Waals surface area contributed by atoms with Crippen LogP contribution in [0.3, 0.4) is 0 Å². The van der Waals surface area contributed by atoms with Gasteiger partial charge in [0.25, 0.3) is 0 Å². The van der Waals surface area contributed by atoms with Crippen molar-refractivity contribution in [2.24, 2.45) is 0 Å². The molecule has 0 aliphatic rings. The molecular weight excluding hydrogens is 434 g/mol. The summed E-state index contributed by atoms with van der Waals surface area (Å²) >= 11 is 0. The Labute approximate surface area is 205 Å². The lowest BCUT2D eigenvalue weighted by Gasteiger charge is -2.31. The molecule has 35 heavy (non-hydrogen) atoms. The number of para-hydroxylation sites is 1. The highest BCUT2D eigenvalue weighted by atomic mass is 16.1. The molecule has 0 aliphatic carbocycles. The van der Waals surface area contributed by atoms with Crippen molar-refractivity contribution in [1.82, 2.24) is 9.66 Å². The Bertz CT molecular complexity index is 1650. The van der Waals surface area contributed by atoms with Gasteiger partial charge < -0.3 is 9.99 Å². The summed E-state index contributed by atoms with van der Waals surface area (Å²) in [5.41, 5.74) is 4.29. The number of pyridine rings is 2. The molecule has 0 amide bonds. The van der Waals surface area contributed by atoms with E-state index < -0.39 is 0 Å². The molecule has 5 aromatic rings. The summed E-state index contributed by atoms with van der Waals surface area (Å²) in [4.78, 5) is 30.8. The first-order chi connectivity index (χ1) is 17.1. The van der Waals surface area contributed by atoms with Gasteiger partial charge in [0.15, 0.2) is 10.9 Å². The maximum Gasteiger partial charge on any atom is 0.197 e. The number of nitrogens with zero attached hydrogens (tertiary/aromatic N) is 2. The Kier molecular flexibility index (Phi) is 6.33. The SMILES string of the molecule is CCCCN(CCCC)n1c2cc3c(=O)c4ccccc4[nH]c3cc2c(=O)c2c(CC)cccc21. The quantitative estimate of drug-likeness (QED) is 0.274. The van der Waals surface area contributed by atoms with E-state index in [0.717, 1.165) is 72.7 Å². The third-order valence-electron chi connectivity index (χ3n) is 7.08. The van der Waals surface area contributed by atoms with Crippen LogP contribution in [0.4, 0.5) is 0 Å². The van der Waals surface area contributed by atoms with E-state index in [1.54, 1.807) is 0 Å². The van der Waals surface area contributed by atoms with Crippen molar-refractivity contribution in [2.75, 3.05) is 18.1 Å². The highest BCUT2D eigenvalue weighted by Gasteiger charge is 2.19. The number of hydrogen-bond acceptors (Lipinski definition) is 3. The maximum absolute atomic E-state index is 13.9. The predicted molar refractivity (Wildman–Crippen MR) is 148 cm³/mol. The van der Waals surface area contributed by atoms with Gasteiger partial charge in [0.2, 0.25) is 0 Å². The number of benzene rings is 3. The molecule has 0 saturated heterocycles. The fourth-order valence-electron chi connectivity index (χ4n) is 5.20. The van der Waals surface area contributed by atoms with Crippen LogP contribution in [0, 0.1) is 0 Å². The predicted octanol–water partition coefficient (Wildman–Crippen LogP) is 6.25. The smallest absolute Gasteiger partial charge is 0.197 e. The van der Waals surface area contributed by atoms with Crippen molar-refractivity contribution in [3.8, 4) is 0 Å². The topological polar surface area (TPSA) is 58.1 Å². The van der Waals surface area contributed by atoms with Crippen LogP contribution in [-0.4, -0.2) is 22.7 Å². The maximum atomic E-state index is 13.9. The molecule has 2 heterocycles. The number of nitrogens with one attached hydrogen (secondary N) is 1. The molecule has 5 nitrogen and oxygen atoms in total. The molecule has 2 aromatic heterocycles. The van der Waals surface area contributed by atoms with Crippen molar-refractivity contribution in [3.05, 3.63) is 80.6 Å². The van der Waals surface area contributed by atoms with E-state index in [2.05, 4.69) is 47.6 Å². The second-order valence-electron chi connectivity index (χ2n) is 9.38. The summed E-state index contributed by atoms with van der Waals surface area (Å²) in [6.45, 7) is 8.29. The van der Waals surface area contributed by atoms with Crippen LogP contribution in [0.2, 0.25) is 0 Å². The first-order valence-corrected chi connectivity index (χ1v) is 12.9. The average molecular weight is 468 g/mol. The van der Waals surface area contributed by atoms with Crippen LogP contribution in [0.15, 0.2) is 64.2 Å². The van der Waals surface area contributed by atoms with Gasteiger partial charge in [-0.2, -0.15) is 0 Å². The van der Waals surface area contributed by atoms with Gasteiger partial charge in [0, 0.05) is 29.4 Å². The number of H-pyrrole nitrogens is 1. The van der Waals surface area contributed by atoms with Crippen LogP contribution < -0.4 is 15.9 Å². The third kappa shape index (κ3) is 3.89. The highest BCUT2D eigenvalue weighted by molar-refractivity contribution is 6.04. The Morgan fingerprint density at radius 3 is 2.20 bits per heavy atom. The van der Waals surface area contributed by atoms with E-state index in [0.29, 0.717) is 21.7 Å². The lowest BCUT2D eigenvalue weighted by molar-refractivity contribution is 0.564. The van der Waals surface area contributed by atoms with Gasteiger partial charge in [0.1, 0.15) is 0 Å². The fraction of sp³-hybridized carbons (Fsp3) is 0.333. The first-order valence-electron chi connectivity index (χ1n) is 12.9. The Balaban J connectivity index is 1.96. The van der Waals surface area contributed by atoms with Gasteiger partial charge in [-0.25, -0.2) is 0 Å². The summed E-state index contributed by atoms with van der Waals surface area (Å²) in [5, 5.41) is 5.08. The molecule has 0 atom stereocenters. The van der Waals surface area contributed by atoms with E-state index in [-0.39, 0.29) is 10.9 Å². The number of hydrogen-bond donors (Lipinski definition) is 1. The zero-order chi connectivity index (χ0) is 24.5. The molecule has 5 heteroatoms. The van der Waals surface area contributed by atoms with E-state index in [1.165, 1.54) is 0 Å². The molecule has 1 N–H and O–H groups in total. The molecule has 0 fully saturated rings.